The summed E-state index contributed by atoms with van der Waals surface area (Å²) in [5.74, 6) is -0.466. The highest BCUT2D eigenvalue weighted by molar-refractivity contribution is 7.90. The predicted molar refractivity (Wildman–Crippen MR) is 96.3 cm³/mol. The molecule has 5 heteroatoms. The molecule has 0 atom stereocenters. The van der Waals surface area contributed by atoms with Crippen LogP contribution in [0.15, 0.2) is 35.2 Å². The van der Waals surface area contributed by atoms with Gasteiger partial charge >= 0.3 is 0 Å². The van der Waals surface area contributed by atoms with Crippen molar-refractivity contribution >= 4 is 9.84 Å². The Bertz CT molecular complexity index is 839. The quantitative estimate of drug-likeness (QED) is 0.767. The first-order chi connectivity index (χ1) is 11.3. The number of hydrogen-bond acceptors (Lipinski definition) is 4. The summed E-state index contributed by atoms with van der Waals surface area (Å²) in [5.41, 5.74) is 2.19. The summed E-state index contributed by atoms with van der Waals surface area (Å²) in [6.45, 7) is 3.96. The first kappa shape index (κ1) is 18.3. The minimum absolute atomic E-state index is 0.0760. The van der Waals surface area contributed by atoms with Crippen molar-refractivity contribution in [2.24, 2.45) is 0 Å². The Labute approximate surface area is 143 Å². The molecule has 0 aliphatic heterocycles. The molecule has 2 aromatic carbocycles. The maximum Gasteiger partial charge on any atom is 0.179 e. The summed E-state index contributed by atoms with van der Waals surface area (Å²) in [7, 11) is -3.62. The Kier molecular flexibility index (Phi) is 5.54. The van der Waals surface area contributed by atoms with Crippen molar-refractivity contribution in [1.82, 2.24) is 0 Å². The van der Waals surface area contributed by atoms with E-state index >= 15 is 0 Å². The van der Waals surface area contributed by atoms with Crippen LogP contribution in [0.4, 0.5) is 0 Å². The average Bonchev–Trinajstić information content (AvgIpc) is 2.45. The number of phenolic OH excluding ortho intramolecular Hbond substituents is 2. The van der Waals surface area contributed by atoms with Gasteiger partial charge in [0.2, 0.25) is 0 Å². The van der Waals surface area contributed by atoms with E-state index in [0.29, 0.717) is 17.5 Å². The van der Waals surface area contributed by atoms with Crippen molar-refractivity contribution in [2.75, 3.05) is 6.26 Å². The molecule has 0 heterocycles. The van der Waals surface area contributed by atoms with Crippen molar-refractivity contribution in [3.63, 3.8) is 0 Å². The Balaban J connectivity index is 2.67. The lowest BCUT2D eigenvalue weighted by Crippen LogP contribution is -2.04. The SMILES string of the molecule is CCCCCc1cc(O)c(-c2cccc(C)c2)c(O)c1S(C)(=O)=O. The van der Waals surface area contributed by atoms with Crippen molar-refractivity contribution in [1.29, 1.82) is 0 Å². The Morgan fingerprint density at radius 3 is 2.38 bits per heavy atom. The molecule has 0 bridgehead atoms. The lowest BCUT2D eigenvalue weighted by molar-refractivity contribution is 0.440. The van der Waals surface area contributed by atoms with Crippen LogP contribution in [0.3, 0.4) is 0 Å². The molecule has 0 saturated heterocycles. The van der Waals surface area contributed by atoms with Gasteiger partial charge in [-0.3, -0.25) is 0 Å². The molecule has 0 unspecified atom stereocenters. The Morgan fingerprint density at radius 2 is 1.79 bits per heavy atom. The van der Waals surface area contributed by atoms with Crippen LogP contribution in [0.5, 0.6) is 11.5 Å². The van der Waals surface area contributed by atoms with Gasteiger partial charge in [0, 0.05) is 6.26 Å². The number of aromatic hydroxyl groups is 2. The molecule has 0 saturated carbocycles. The standard InChI is InChI=1S/C19H24O4S/c1-4-5-6-9-15-12-16(20)17(14-10-7-8-13(2)11-14)18(21)19(15)24(3,22)23/h7-8,10-12,20-21H,4-6,9H2,1-3H3. The average molecular weight is 348 g/mol. The molecule has 2 aromatic rings. The zero-order valence-corrected chi connectivity index (χ0v) is 15.2. The van der Waals surface area contributed by atoms with Crippen LogP contribution in [-0.4, -0.2) is 24.9 Å². The van der Waals surface area contributed by atoms with E-state index in [2.05, 4.69) is 6.92 Å². The molecule has 24 heavy (non-hydrogen) atoms. The number of phenols is 2. The van der Waals surface area contributed by atoms with Crippen molar-refractivity contribution in [2.45, 2.75) is 44.4 Å². The van der Waals surface area contributed by atoms with E-state index in [1.807, 2.05) is 13.0 Å². The van der Waals surface area contributed by atoms with Crippen LogP contribution in [-0.2, 0) is 16.3 Å². The Morgan fingerprint density at radius 1 is 1.08 bits per heavy atom. The zero-order chi connectivity index (χ0) is 17.9. The van der Waals surface area contributed by atoms with Crippen LogP contribution in [0, 0.1) is 6.92 Å². The number of sulfone groups is 1. The van der Waals surface area contributed by atoms with E-state index in [0.717, 1.165) is 31.1 Å². The summed E-state index contributed by atoms with van der Waals surface area (Å²) in [6.07, 6.45) is 4.37. The van der Waals surface area contributed by atoms with E-state index in [1.54, 1.807) is 18.2 Å². The van der Waals surface area contributed by atoms with Crippen molar-refractivity contribution in [3.05, 3.63) is 41.5 Å². The second-order valence-corrected chi connectivity index (χ2v) is 8.16. The van der Waals surface area contributed by atoms with Gasteiger partial charge in [0.05, 0.1) is 5.56 Å². The largest absolute Gasteiger partial charge is 0.507 e. The molecule has 0 radical (unpaired) electrons. The molecule has 0 aromatic heterocycles. The summed E-state index contributed by atoms with van der Waals surface area (Å²) in [5, 5.41) is 21.1. The van der Waals surface area contributed by atoms with E-state index in [1.165, 1.54) is 6.07 Å². The highest BCUT2D eigenvalue weighted by atomic mass is 32.2. The number of rotatable bonds is 6. The van der Waals surface area contributed by atoms with Crippen molar-refractivity contribution in [3.8, 4) is 22.6 Å². The molecule has 4 nitrogen and oxygen atoms in total. The fraction of sp³-hybridized carbons (Fsp3) is 0.368. The molecular formula is C19H24O4S. The Hall–Kier alpha value is -2.01. The third kappa shape index (κ3) is 3.90. The number of unbranched alkanes of at least 4 members (excludes halogenated alkanes) is 2. The smallest absolute Gasteiger partial charge is 0.179 e. The van der Waals surface area contributed by atoms with Gasteiger partial charge in [0.15, 0.2) is 9.84 Å². The van der Waals surface area contributed by atoms with Crippen LogP contribution >= 0.6 is 0 Å². The fourth-order valence-electron chi connectivity index (χ4n) is 2.94. The second-order valence-electron chi connectivity index (χ2n) is 6.21. The molecular weight excluding hydrogens is 324 g/mol. The normalized spacial score (nSPS) is 11.6. The van der Waals surface area contributed by atoms with Gasteiger partial charge in [-0.1, -0.05) is 49.6 Å². The predicted octanol–water partition coefficient (Wildman–Crippen LogP) is 4.21. The van der Waals surface area contributed by atoms with Crippen LogP contribution in [0.1, 0.15) is 37.3 Å². The maximum absolute atomic E-state index is 12.2. The molecule has 2 rings (SSSR count). The van der Waals surface area contributed by atoms with E-state index in [-0.39, 0.29) is 22.0 Å². The van der Waals surface area contributed by atoms with Gasteiger partial charge in [-0.15, -0.1) is 0 Å². The monoisotopic (exact) mass is 348 g/mol. The third-order valence-electron chi connectivity index (χ3n) is 4.04. The number of hydrogen-bond donors (Lipinski definition) is 2. The topological polar surface area (TPSA) is 74.6 Å². The summed E-state index contributed by atoms with van der Waals surface area (Å²) >= 11 is 0. The molecule has 2 N–H and O–H groups in total. The summed E-state index contributed by atoms with van der Waals surface area (Å²) in [4.78, 5) is -0.0760. The van der Waals surface area contributed by atoms with Gasteiger partial charge in [0.1, 0.15) is 16.4 Å². The summed E-state index contributed by atoms with van der Waals surface area (Å²) < 4.78 is 24.5. The molecule has 0 amide bonds. The highest BCUT2D eigenvalue weighted by Gasteiger charge is 2.25. The minimum atomic E-state index is -3.62. The van der Waals surface area contributed by atoms with Crippen LogP contribution < -0.4 is 0 Å². The van der Waals surface area contributed by atoms with Crippen LogP contribution in [0.2, 0.25) is 0 Å². The van der Waals surface area contributed by atoms with Gasteiger partial charge < -0.3 is 10.2 Å². The number of aryl methyl sites for hydroxylation is 2. The molecule has 0 aliphatic carbocycles. The minimum Gasteiger partial charge on any atom is -0.507 e. The van der Waals surface area contributed by atoms with Gasteiger partial charge in [-0.25, -0.2) is 8.42 Å². The second kappa shape index (κ2) is 7.26. The van der Waals surface area contributed by atoms with Gasteiger partial charge in [-0.2, -0.15) is 0 Å². The van der Waals surface area contributed by atoms with E-state index in [4.69, 9.17) is 0 Å². The third-order valence-corrected chi connectivity index (χ3v) is 5.23. The molecule has 130 valence electrons. The molecule has 0 fully saturated rings. The first-order valence-corrected chi connectivity index (χ1v) is 9.99. The summed E-state index contributed by atoms with van der Waals surface area (Å²) in [6, 6.07) is 8.72. The zero-order valence-electron chi connectivity index (χ0n) is 14.3. The lowest BCUT2D eigenvalue weighted by Gasteiger charge is -2.16. The molecule has 0 spiro atoms. The highest BCUT2D eigenvalue weighted by Crippen LogP contribution is 2.44. The van der Waals surface area contributed by atoms with Gasteiger partial charge in [-0.05, 0) is 37.0 Å². The van der Waals surface area contributed by atoms with Crippen molar-refractivity contribution < 1.29 is 18.6 Å². The van der Waals surface area contributed by atoms with E-state index in [9.17, 15) is 18.6 Å². The molecule has 0 aliphatic rings. The van der Waals surface area contributed by atoms with Gasteiger partial charge in [0.25, 0.3) is 0 Å². The fourth-order valence-corrected chi connectivity index (χ4v) is 4.03. The first-order valence-electron chi connectivity index (χ1n) is 8.10. The lowest BCUT2D eigenvalue weighted by atomic mass is 9.97. The number of benzene rings is 2. The van der Waals surface area contributed by atoms with E-state index < -0.39 is 9.84 Å². The maximum atomic E-state index is 12.2. The van der Waals surface area contributed by atoms with Crippen LogP contribution in [0.25, 0.3) is 11.1 Å².